The van der Waals surface area contributed by atoms with E-state index in [-0.39, 0.29) is 24.0 Å². The van der Waals surface area contributed by atoms with Crippen LogP contribution in [0.4, 0.5) is 19.3 Å². The minimum Gasteiger partial charge on any atom is -0.508 e. The zero-order valence-electron chi connectivity index (χ0n) is 14.8. The van der Waals surface area contributed by atoms with Gasteiger partial charge in [-0.3, -0.25) is 4.79 Å². The van der Waals surface area contributed by atoms with Crippen molar-refractivity contribution in [1.82, 2.24) is 10.6 Å². The summed E-state index contributed by atoms with van der Waals surface area (Å²) in [5.41, 5.74) is 1.14. The van der Waals surface area contributed by atoms with Crippen molar-refractivity contribution in [3.8, 4) is 5.75 Å². The Morgan fingerprint density at radius 3 is 2.44 bits per heavy atom. The summed E-state index contributed by atoms with van der Waals surface area (Å²) in [5.74, 6) is -2.44. The van der Waals surface area contributed by atoms with Gasteiger partial charge in [0.2, 0.25) is 5.91 Å². The van der Waals surface area contributed by atoms with E-state index in [1.54, 1.807) is 12.1 Å². The van der Waals surface area contributed by atoms with Gasteiger partial charge in [-0.1, -0.05) is 12.1 Å². The third-order valence-electron chi connectivity index (χ3n) is 3.79. The van der Waals surface area contributed by atoms with E-state index in [1.165, 1.54) is 6.07 Å². The smallest absolute Gasteiger partial charge is 0.315 e. The summed E-state index contributed by atoms with van der Waals surface area (Å²) in [7, 11) is 0. The molecule has 0 aliphatic carbocycles. The Kier molecular flexibility index (Phi) is 7.10. The molecule has 0 aliphatic rings. The van der Waals surface area contributed by atoms with Gasteiger partial charge in [-0.2, -0.15) is 0 Å². The highest BCUT2D eigenvalue weighted by molar-refractivity contribution is 5.94. The maximum absolute atomic E-state index is 13.1. The molecule has 1 atom stereocenters. The van der Waals surface area contributed by atoms with E-state index >= 15 is 0 Å². The monoisotopic (exact) mass is 377 g/mol. The summed E-state index contributed by atoms with van der Waals surface area (Å²) >= 11 is 0. The van der Waals surface area contributed by atoms with Crippen LogP contribution in [0.15, 0.2) is 42.5 Å². The van der Waals surface area contributed by atoms with Gasteiger partial charge in [0, 0.05) is 17.8 Å². The predicted molar refractivity (Wildman–Crippen MR) is 97.4 cm³/mol. The second-order valence-corrected chi connectivity index (χ2v) is 6.11. The average molecular weight is 377 g/mol. The quantitative estimate of drug-likeness (QED) is 0.598. The van der Waals surface area contributed by atoms with Crippen molar-refractivity contribution >= 4 is 17.6 Å². The number of urea groups is 1. The van der Waals surface area contributed by atoms with Crippen LogP contribution in [0.25, 0.3) is 0 Å². The maximum atomic E-state index is 13.1. The number of carbonyl (C=O) groups is 2. The van der Waals surface area contributed by atoms with Crippen LogP contribution in [-0.2, 0) is 11.2 Å². The molecule has 0 aliphatic heterocycles. The molecule has 0 fully saturated rings. The van der Waals surface area contributed by atoms with Crippen LogP contribution in [0.2, 0.25) is 0 Å². The Morgan fingerprint density at radius 1 is 1.07 bits per heavy atom. The van der Waals surface area contributed by atoms with Gasteiger partial charge in [-0.25, -0.2) is 13.6 Å². The van der Waals surface area contributed by atoms with Gasteiger partial charge >= 0.3 is 6.03 Å². The minimum atomic E-state index is -1.07. The van der Waals surface area contributed by atoms with Crippen molar-refractivity contribution in [3.05, 3.63) is 59.7 Å². The number of nitrogens with one attached hydrogen (secondary N) is 3. The molecule has 8 heteroatoms. The van der Waals surface area contributed by atoms with Crippen LogP contribution in [-0.4, -0.2) is 29.6 Å². The van der Waals surface area contributed by atoms with Gasteiger partial charge in [0.15, 0.2) is 11.6 Å². The van der Waals surface area contributed by atoms with E-state index in [2.05, 4.69) is 16.0 Å². The van der Waals surface area contributed by atoms with Gasteiger partial charge in [0.1, 0.15) is 5.75 Å². The first-order valence-electron chi connectivity index (χ1n) is 8.40. The average Bonchev–Trinajstić information content (AvgIpc) is 2.62. The normalized spacial score (nSPS) is 11.5. The summed E-state index contributed by atoms with van der Waals surface area (Å²) in [5, 5.41) is 16.7. The zero-order valence-corrected chi connectivity index (χ0v) is 14.8. The van der Waals surface area contributed by atoms with Crippen LogP contribution >= 0.6 is 0 Å². The van der Waals surface area contributed by atoms with Crippen LogP contribution in [0.3, 0.4) is 0 Å². The lowest BCUT2D eigenvalue weighted by Crippen LogP contribution is -2.43. The number of aryl methyl sites for hydroxylation is 1. The molecule has 2 rings (SSSR count). The second-order valence-electron chi connectivity index (χ2n) is 6.11. The lowest BCUT2D eigenvalue weighted by atomic mass is 10.1. The van der Waals surface area contributed by atoms with Gasteiger partial charge in [0.05, 0.1) is 6.54 Å². The maximum Gasteiger partial charge on any atom is 0.315 e. The first-order chi connectivity index (χ1) is 12.8. The molecular formula is C19H21F2N3O3. The largest absolute Gasteiger partial charge is 0.508 e. The molecule has 27 heavy (non-hydrogen) atoms. The number of benzene rings is 2. The fraction of sp³-hybridized carbons (Fsp3) is 0.263. The summed E-state index contributed by atoms with van der Waals surface area (Å²) in [6, 6.07) is 9.18. The molecule has 3 amide bonds. The number of phenolic OH excluding ortho intramolecular Hbond substituents is 1. The lowest BCUT2D eigenvalue weighted by molar-refractivity contribution is -0.115. The number of anilines is 1. The molecule has 6 nitrogen and oxygen atoms in total. The van der Waals surface area contributed by atoms with Crippen molar-refractivity contribution in [3.63, 3.8) is 0 Å². The van der Waals surface area contributed by atoms with Crippen LogP contribution in [0.5, 0.6) is 5.75 Å². The van der Waals surface area contributed by atoms with Gasteiger partial charge in [-0.15, -0.1) is 0 Å². The summed E-state index contributed by atoms with van der Waals surface area (Å²) < 4.78 is 25.9. The first-order valence-corrected chi connectivity index (χ1v) is 8.40. The van der Waals surface area contributed by atoms with E-state index in [9.17, 15) is 23.5 Å². The molecule has 0 aromatic heterocycles. The Bertz CT molecular complexity index is 797. The number of amides is 3. The zero-order chi connectivity index (χ0) is 19.8. The topological polar surface area (TPSA) is 90.5 Å². The highest BCUT2D eigenvalue weighted by atomic mass is 19.2. The van der Waals surface area contributed by atoms with Crippen molar-refractivity contribution in [1.29, 1.82) is 0 Å². The Balaban J connectivity index is 1.69. The van der Waals surface area contributed by atoms with Crippen LogP contribution < -0.4 is 16.0 Å². The first kappa shape index (κ1) is 20.2. The summed E-state index contributed by atoms with van der Waals surface area (Å²) in [4.78, 5) is 23.6. The molecule has 0 radical (unpaired) electrons. The number of aromatic hydroxyl groups is 1. The molecule has 0 saturated heterocycles. The molecule has 2 aromatic rings. The van der Waals surface area contributed by atoms with Gasteiger partial charge < -0.3 is 21.1 Å². The lowest BCUT2D eigenvalue weighted by Gasteiger charge is -2.14. The minimum absolute atomic E-state index is 0.100. The Labute approximate surface area is 155 Å². The molecule has 0 heterocycles. The number of hydrogen-bond donors (Lipinski definition) is 4. The molecule has 1 unspecified atom stereocenters. The van der Waals surface area contributed by atoms with Crippen molar-refractivity contribution in [2.75, 3.05) is 11.9 Å². The SMILES string of the molecule is CC(CCc1ccc(O)cc1)NC(=O)NCC(=O)Nc1ccc(F)c(F)c1. The third-order valence-corrected chi connectivity index (χ3v) is 3.79. The van der Waals surface area contributed by atoms with E-state index in [0.717, 1.165) is 24.1 Å². The molecule has 0 saturated carbocycles. The molecular weight excluding hydrogens is 356 g/mol. The Morgan fingerprint density at radius 2 is 1.78 bits per heavy atom. The van der Waals surface area contributed by atoms with Crippen molar-refractivity contribution < 1.29 is 23.5 Å². The number of halogens is 2. The molecule has 0 spiro atoms. The van der Waals surface area contributed by atoms with E-state index in [1.807, 2.05) is 19.1 Å². The van der Waals surface area contributed by atoms with Crippen LogP contribution in [0, 0.1) is 11.6 Å². The summed E-state index contributed by atoms with van der Waals surface area (Å²) in [6.07, 6.45) is 1.40. The van der Waals surface area contributed by atoms with Crippen molar-refractivity contribution in [2.24, 2.45) is 0 Å². The van der Waals surface area contributed by atoms with E-state index in [0.29, 0.717) is 6.42 Å². The number of phenols is 1. The number of carbonyl (C=O) groups excluding carboxylic acids is 2. The van der Waals surface area contributed by atoms with Crippen LogP contribution in [0.1, 0.15) is 18.9 Å². The van der Waals surface area contributed by atoms with Gasteiger partial charge in [0.25, 0.3) is 0 Å². The molecule has 144 valence electrons. The van der Waals surface area contributed by atoms with E-state index in [4.69, 9.17) is 0 Å². The standard InChI is InChI=1S/C19H21F2N3O3/c1-12(2-3-13-4-7-15(25)8-5-13)23-19(27)22-11-18(26)24-14-6-9-16(20)17(21)10-14/h4-10,12,25H,2-3,11H2,1H3,(H,24,26)(H2,22,23,27). The van der Waals surface area contributed by atoms with E-state index < -0.39 is 23.6 Å². The van der Waals surface area contributed by atoms with Gasteiger partial charge in [-0.05, 0) is 49.6 Å². The Hall–Kier alpha value is -3.16. The number of hydrogen-bond acceptors (Lipinski definition) is 3. The highest BCUT2D eigenvalue weighted by Gasteiger charge is 2.10. The predicted octanol–water partition coefficient (Wildman–Crippen LogP) is 2.93. The molecule has 2 aromatic carbocycles. The molecule has 4 N–H and O–H groups in total. The third kappa shape index (κ3) is 6.93. The second kappa shape index (κ2) is 9.51. The fourth-order valence-corrected chi connectivity index (χ4v) is 2.33. The number of rotatable bonds is 7. The fourth-order valence-electron chi connectivity index (χ4n) is 2.33. The summed E-state index contributed by atoms with van der Waals surface area (Å²) in [6.45, 7) is 1.52. The van der Waals surface area contributed by atoms with Crippen molar-refractivity contribution in [2.45, 2.75) is 25.8 Å². The highest BCUT2D eigenvalue weighted by Crippen LogP contribution is 2.13. The molecule has 0 bridgehead atoms.